The van der Waals surface area contributed by atoms with Crippen molar-refractivity contribution >= 4 is 45.1 Å². The molecule has 1 aliphatic heterocycles. The van der Waals surface area contributed by atoms with E-state index >= 15 is 0 Å². The molecule has 0 bridgehead atoms. The Morgan fingerprint density at radius 3 is 2.44 bits per heavy atom. The summed E-state index contributed by atoms with van der Waals surface area (Å²) < 4.78 is 0. The van der Waals surface area contributed by atoms with Gasteiger partial charge >= 0.3 is 0 Å². The number of hydrogen-bond donors (Lipinski definition) is 1. The standard InChI is InChI=1S/C20H16N2O2S/c1-13-9-11-15(12-10-13)22-19(23)18(25-20(22)24)21-17-8-4-6-14-5-2-3-7-16(14)17/h2-12,18,21H,1H3/t18-/m0/s1. The molecule has 2 amide bonds. The number of amides is 2. The molecule has 1 aliphatic rings. The predicted molar refractivity (Wildman–Crippen MR) is 103 cm³/mol. The van der Waals surface area contributed by atoms with E-state index in [1.807, 2.05) is 61.5 Å². The molecule has 5 heteroatoms. The van der Waals surface area contributed by atoms with Gasteiger partial charge in [0.15, 0.2) is 5.37 Å². The minimum Gasteiger partial charge on any atom is -0.365 e. The van der Waals surface area contributed by atoms with Crippen LogP contribution in [0.3, 0.4) is 0 Å². The van der Waals surface area contributed by atoms with Crippen molar-refractivity contribution in [2.75, 3.05) is 10.2 Å². The average Bonchev–Trinajstić information content (AvgIpc) is 2.90. The Hall–Kier alpha value is -2.79. The molecular formula is C20H16N2O2S. The molecule has 0 unspecified atom stereocenters. The summed E-state index contributed by atoms with van der Waals surface area (Å²) in [7, 11) is 0. The zero-order valence-corrected chi connectivity index (χ0v) is 14.4. The summed E-state index contributed by atoms with van der Waals surface area (Å²) in [5.74, 6) is -0.244. The van der Waals surface area contributed by atoms with Gasteiger partial charge in [0.05, 0.1) is 5.69 Å². The van der Waals surface area contributed by atoms with Crippen LogP contribution in [0.25, 0.3) is 10.8 Å². The third-order valence-corrected chi connectivity index (χ3v) is 5.15. The van der Waals surface area contributed by atoms with Gasteiger partial charge in [0.25, 0.3) is 11.1 Å². The van der Waals surface area contributed by atoms with Gasteiger partial charge in [-0.1, -0.05) is 54.1 Å². The van der Waals surface area contributed by atoms with Gasteiger partial charge in [0.1, 0.15) is 0 Å². The van der Waals surface area contributed by atoms with Crippen molar-refractivity contribution in [3.63, 3.8) is 0 Å². The number of carbonyl (C=O) groups is 2. The largest absolute Gasteiger partial charge is 0.365 e. The molecule has 4 nitrogen and oxygen atoms in total. The fourth-order valence-corrected chi connectivity index (χ4v) is 3.82. The number of anilines is 2. The Balaban J connectivity index is 1.63. The number of thioether (sulfide) groups is 1. The second-order valence-electron chi connectivity index (χ2n) is 5.94. The van der Waals surface area contributed by atoms with Gasteiger partial charge in [0.2, 0.25) is 0 Å². The van der Waals surface area contributed by atoms with Crippen LogP contribution in [-0.2, 0) is 4.79 Å². The highest BCUT2D eigenvalue weighted by Gasteiger charge is 2.40. The molecular weight excluding hydrogens is 332 g/mol. The fraction of sp³-hybridized carbons (Fsp3) is 0.100. The third kappa shape index (κ3) is 2.87. The summed E-state index contributed by atoms with van der Waals surface area (Å²) in [6, 6.07) is 21.2. The number of imide groups is 1. The predicted octanol–water partition coefficient (Wildman–Crippen LogP) is 4.79. The molecule has 0 aromatic heterocycles. The number of benzene rings is 3. The molecule has 0 radical (unpaired) electrons. The second kappa shape index (κ2) is 6.26. The van der Waals surface area contributed by atoms with Crippen LogP contribution in [0.4, 0.5) is 16.2 Å². The van der Waals surface area contributed by atoms with Crippen LogP contribution in [0.2, 0.25) is 0 Å². The van der Waals surface area contributed by atoms with Crippen LogP contribution in [0.5, 0.6) is 0 Å². The highest BCUT2D eigenvalue weighted by Crippen LogP contribution is 2.34. The first-order valence-corrected chi connectivity index (χ1v) is 8.87. The van der Waals surface area contributed by atoms with Gasteiger partial charge in [-0.3, -0.25) is 9.59 Å². The topological polar surface area (TPSA) is 49.4 Å². The Labute approximate surface area is 149 Å². The lowest BCUT2D eigenvalue weighted by Gasteiger charge is -2.16. The van der Waals surface area contributed by atoms with Crippen LogP contribution < -0.4 is 10.2 Å². The van der Waals surface area contributed by atoms with E-state index in [1.165, 1.54) is 4.90 Å². The number of nitrogens with one attached hydrogen (secondary N) is 1. The minimum atomic E-state index is -0.625. The van der Waals surface area contributed by atoms with Crippen LogP contribution in [0, 0.1) is 6.92 Å². The van der Waals surface area contributed by atoms with Gasteiger partial charge in [-0.05, 0) is 42.3 Å². The molecule has 3 aromatic carbocycles. The van der Waals surface area contributed by atoms with E-state index in [1.54, 1.807) is 12.1 Å². The van der Waals surface area contributed by atoms with E-state index in [9.17, 15) is 9.59 Å². The highest BCUT2D eigenvalue weighted by atomic mass is 32.2. The fourth-order valence-electron chi connectivity index (χ4n) is 2.92. The maximum absolute atomic E-state index is 12.8. The molecule has 1 saturated heterocycles. The number of carbonyl (C=O) groups excluding carboxylic acids is 2. The smallest absolute Gasteiger partial charge is 0.295 e. The quantitative estimate of drug-likeness (QED) is 0.739. The van der Waals surface area contributed by atoms with Crippen LogP contribution in [0.15, 0.2) is 66.7 Å². The third-order valence-electron chi connectivity index (χ3n) is 4.21. The Morgan fingerprint density at radius 1 is 0.920 bits per heavy atom. The zero-order valence-electron chi connectivity index (χ0n) is 13.6. The number of nitrogens with zero attached hydrogens (tertiary/aromatic N) is 1. The SMILES string of the molecule is Cc1ccc(N2C(=O)S[C@H](Nc3cccc4ccccc34)C2=O)cc1. The summed E-state index contributed by atoms with van der Waals surface area (Å²) in [5, 5.41) is 4.46. The maximum Gasteiger partial charge on any atom is 0.295 e. The first-order valence-electron chi connectivity index (χ1n) is 7.99. The molecule has 25 heavy (non-hydrogen) atoms. The lowest BCUT2D eigenvalue weighted by Crippen LogP contribution is -2.34. The molecule has 1 N–H and O–H groups in total. The van der Waals surface area contributed by atoms with Gasteiger partial charge in [-0.25, -0.2) is 4.90 Å². The van der Waals surface area contributed by atoms with Gasteiger partial charge in [-0.2, -0.15) is 0 Å². The summed E-state index contributed by atoms with van der Waals surface area (Å²) in [4.78, 5) is 26.4. The second-order valence-corrected chi connectivity index (χ2v) is 7.00. The number of rotatable bonds is 3. The minimum absolute atomic E-state index is 0.244. The van der Waals surface area contributed by atoms with Crippen molar-refractivity contribution in [2.45, 2.75) is 12.3 Å². The molecule has 0 saturated carbocycles. The molecule has 4 rings (SSSR count). The number of hydrogen-bond acceptors (Lipinski definition) is 4. The van der Waals surface area contributed by atoms with Crippen molar-refractivity contribution in [3.05, 3.63) is 72.3 Å². The molecule has 0 aliphatic carbocycles. The van der Waals surface area contributed by atoms with E-state index < -0.39 is 5.37 Å². The van der Waals surface area contributed by atoms with Crippen LogP contribution >= 0.6 is 11.8 Å². The van der Waals surface area contributed by atoms with Crippen molar-refractivity contribution in [3.8, 4) is 0 Å². The van der Waals surface area contributed by atoms with E-state index in [0.29, 0.717) is 5.69 Å². The van der Waals surface area contributed by atoms with Crippen LogP contribution in [-0.4, -0.2) is 16.5 Å². The van der Waals surface area contributed by atoms with E-state index in [4.69, 9.17) is 0 Å². The molecule has 1 fully saturated rings. The summed E-state index contributed by atoms with van der Waals surface area (Å²) in [6.07, 6.45) is 0. The summed E-state index contributed by atoms with van der Waals surface area (Å²) in [6.45, 7) is 1.97. The maximum atomic E-state index is 12.8. The zero-order chi connectivity index (χ0) is 17.4. The van der Waals surface area contributed by atoms with Gasteiger partial charge in [-0.15, -0.1) is 0 Å². The number of aryl methyl sites for hydroxylation is 1. The van der Waals surface area contributed by atoms with Crippen molar-refractivity contribution in [1.29, 1.82) is 0 Å². The van der Waals surface area contributed by atoms with Crippen molar-refractivity contribution < 1.29 is 9.59 Å². The monoisotopic (exact) mass is 348 g/mol. The average molecular weight is 348 g/mol. The Morgan fingerprint density at radius 2 is 1.64 bits per heavy atom. The van der Waals surface area contributed by atoms with Gasteiger partial charge in [0, 0.05) is 11.1 Å². The van der Waals surface area contributed by atoms with E-state index in [0.717, 1.165) is 33.8 Å². The van der Waals surface area contributed by atoms with E-state index in [2.05, 4.69) is 5.32 Å². The molecule has 0 spiro atoms. The molecule has 1 heterocycles. The van der Waals surface area contributed by atoms with Crippen LogP contribution in [0.1, 0.15) is 5.56 Å². The normalized spacial score (nSPS) is 17.3. The molecule has 124 valence electrons. The summed E-state index contributed by atoms with van der Waals surface area (Å²) >= 11 is 1.01. The van der Waals surface area contributed by atoms with Crippen molar-refractivity contribution in [2.24, 2.45) is 0 Å². The lowest BCUT2D eigenvalue weighted by molar-refractivity contribution is -0.116. The van der Waals surface area contributed by atoms with E-state index in [-0.39, 0.29) is 11.1 Å². The van der Waals surface area contributed by atoms with Crippen molar-refractivity contribution in [1.82, 2.24) is 0 Å². The number of fused-ring (bicyclic) bond motifs is 1. The Kier molecular flexibility index (Phi) is 3.93. The summed E-state index contributed by atoms with van der Waals surface area (Å²) in [5.41, 5.74) is 2.54. The van der Waals surface area contributed by atoms with Gasteiger partial charge < -0.3 is 5.32 Å². The molecule has 1 atom stereocenters. The molecule has 3 aromatic rings. The first-order chi connectivity index (χ1) is 12.1. The lowest BCUT2D eigenvalue weighted by atomic mass is 10.1. The first kappa shape index (κ1) is 15.7. The Bertz CT molecular complexity index is 964. The highest BCUT2D eigenvalue weighted by molar-refractivity contribution is 8.16.